The number of rotatable bonds is 22. The van der Waals surface area contributed by atoms with E-state index in [1.807, 2.05) is 42.9 Å². The van der Waals surface area contributed by atoms with Gasteiger partial charge in [-0.15, -0.1) is 0 Å². The summed E-state index contributed by atoms with van der Waals surface area (Å²) in [4.78, 5) is 4.09. The molecule has 1 unspecified atom stereocenters. The molecule has 0 spiro atoms. The molecule has 1 aromatic carbocycles. The normalized spacial score (nSPS) is 12.3. The molecule has 1 aromatic heterocycles. The molecule has 0 fully saturated rings. The SMILES string of the molecule is NC(COCCCCCCCCCCCCCCCCn1ccnc1)OCc1ccccc1. The van der Waals surface area contributed by atoms with Crippen LogP contribution in [-0.2, 0) is 22.6 Å². The maximum atomic E-state index is 5.95. The van der Waals surface area contributed by atoms with Crippen molar-refractivity contribution in [3.05, 3.63) is 54.6 Å². The third-order valence-corrected chi connectivity index (χ3v) is 6.10. The van der Waals surface area contributed by atoms with Crippen molar-refractivity contribution in [2.45, 2.75) is 109 Å². The first-order valence-electron chi connectivity index (χ1n) is 13.3. The van der Waals surface area contributed by atoms with Crippen LogP contribution < -0.4 is 5.73 Å². The van der Waals surface area contributed by atoms with Crippen molar-refractivity contribution in [3.8, 4) is 0 Å². The lowest BCUT2D eigenvalue weighted by molar-refractivity contribution is -0.0219. The molecule has 33 heavy (non-hydrogen) atoms. The molecule has 0 saturated heterocycles. The molecule has 0 radical (unpaired) electrons. The zero-order valence-electron chi connectivity index (χ0n) is 20.7. The van der Waals surface area contributed by atoms with E-state index in [1.165, 1.54) is 83.5 Å². The molecule has 1 heterocycles. The first-order chi connectivity index (χ1) is 16.3. The van der Waals surface area contributed by atoms with Crippen LogP contribution in [0.1, 0.15) is 95.5 Å². The smallest absolute Gasteiger partial charge is 0.129 e. The predicted molar refractivity (Wildman–Crippen MR) is 137 cm³/mol. The monoisotopic (exact) mass is 457 g/mol. The average Bonchev–Trinajstić information content (AvgIpc) is 3.36. The van der Waals surface area contributed by atoms with Gasteiger partial charge < -0.3 is 19.8 Å². The van der Waals surface area contributed by atoms with Crippen molar-refractivity contribution >= 4 is 0 Å². The Hall–Kier alpha value is -1.69. The molecule has 0 bridgehead atoms. The number of aromatic nitrogens is 2. The molecular formula is C28H47N3O2. The zero-order valence-corrected chi connectivity index (χ0v) is 20.7. The predicted octanol–water partition coefficient (Wildman–Crippen LogP) is 6.86. The highest BCUT2D eigenvalue weighted by atomic mass is 16.5. The molecule has 0 aliphatic carbocycles. The Kier molecular flexibility index (Phi) is 16.5. The van der Waals surface area contributed by atoms with Crippen LogP contribution in [-0.4, -0.2) is 29.0 Å². The van der Waals surface area contributed by atoms with E-state index in [4.69, 9.17) is 15.2 Å². The highest BCUT2D eigenvalue weighted by molar-refractivity contribution is 5.13. The number of aryl methyl sites for hydroxylation is 1. The number of nitrogens with two attached hydrogens (primary N) is 1. The molecular weight excluding hydrogens is 410 g/mol. The van der Waals surface area contributed by atoms with Gasteiger partial charge in [-0.2, -0.15) is 0 Å². The van der Waals surface area contributed by atoms with Crippen LogP contribution in [0.3, 0.4) is 0 Å². The minimum Gasteiger partial charge on any atom is -0.377 e. The summed E-state index contributed by atoms with van der Waals surface area (Å²) in [5.74, 6) is 0. The van der Waals surface area contributed by atoms with Crippen molar-refractivity contribution in [1.82, 2.24) is 9.55 Å². The van der Waals surface area contributed by atoms with E-state index < -0.39 is 0 Å². The standard InChI is InChI=1S/C28H47N3O2/c29-28(33-24-27-18-14-13-15-19-27)25-32-23-17-12-10-8-6-4-2-1-3-5-7-9-11-16-21-31-22-20-30-26-31/h13-15,18-20,22,26,28H,1-12,16-17,21,23-25,29H2. The third kappa shape index (κ3) is 15.7. The summed E-state index contributed by atoms with van der Waals surface area (Å²) in [5, 5.41) is 0. The van der Waals surface area contributed by atoms with Gasteiger partial charge in [-0.1, -0.05) is 107 Å². The Morgan fingerprint density at radius 1 is 0.758 bits per heavy atom. The maximum absolute atomic E-state index is 5.95. The van der Waals surface area contributed by atoms with Gasteiger partial charge in [0.1, 0.15) is 6.23 Å². The van der Waals surface area contributed by atoms with Crippen molar-refractivity contribution in [1.29, 1.82) is 0 Å². The summed E-state index contributed by atoms with van der Waals surface area (Å²) in [6.45, 7) is 2.91. The Labute approximate surface area is 202 Å². The number of hydrogen-bond donors (Lipinski definition) is 1. The van der Waals surface area contributed by atoms with Crippen molar-refractivity contribution in [2.75, 3.05) is 13.2 Å². The van der Waals surface area contributed by atoms with E-state index in [-0.39, 0.29) is 6.23 Å². The van der Waals surface area contributed by atoms with Crippen molar-refractivity contribution in [3.63, 3.8) is 0 Å². The minimum atomic E-state index is -0.349. The molecule has 0 saturated carbocycles. The number of imidazole rings is 1. The van der Waals surface area contributed by atoms with Gasteiger partial charge >= 0.3 is 0 Å². The summed E-state index contributed by atoms with van der Waals surface area (Å²) in [6, 6.07) is 10.1. The van der Waals surface area contributed by atoms with Crippen LogP contribution in [0.5, 0.6) is 0 Å². The Morgan fingerprint density at radius 3 is 1.91 bits per heavy atom. The quantitative estimate of drug-likeness (QED) is 0.155. The van der Waals surface area contributed by atoms with E-state index in [9.17, 15) is 0 Å². The van der Waals surface area contributed by atoms with Gasteiger partial charge in [0.2, 0.25) is 0 Å². The third-order valence-electron chi connectivity index (χ3n) is 6.10. The fourth-order valence-electron chi connectivity index (χ4n) is 4.06. The molecule has 0 aliphatic rings. The Morgan fingerprint density at radius 2 is 1.33 bits per heavy atom. The van der Waals surface area contributed by atoms with Crippen molar-refractivity contribution < 1.29 is 9.47 Å². The fourth-order valence-corrected chi connectivity index (χ4v) is 4.06. The van der Waals surface area contributed by atoms with Gasteiger partial charge in [-0.3, -0.25) is 0 Å². The van der Waals surface area contributed by atoms with Crippen molar-refractivity contribution in [2.24, 2.45) is 5.73 Å². The van der Waals surface area contributed by atoms with E-state index in [1.54, 1.807) is 0 Å². The summed E-state index contributed by atoms with van der Waals surface area (Å²) < 4.78 is 13.5. The average molecular weight is 458 g/mol. The highest BCUT2D eigenvalue weighted by Gasteiger charge is 2.03. The lowest BCUT2D eigenvalue weighted by Crippen LogP contribution is -2.29. The molecule has 2 aromatic rings. The molecule has 186 valence electrons. The second-order valence-electron chi connectivity index (χ2n) is 9.16. The molecule has 2 N–H and O–H groups in total. The largest absolute Gasteiger partial charge is 0.377 e. The molecule has 5 nitrogen and oxygen atoms in total. The lowest BCUT2D eigenvalue weighted by Gasteiger charge is -2.13. The van der Waals surface area contributed by atoms with E-state index >= 15 is 0 Å². The summed E-state index contributed by atoms with van der Waals surface area (Å²) >= 11 is 0. The molecule has 1 atom stereocenters. The van der Waals surface area contributed by atoms with Crippen LogP contribution in [0.25, 0.3) is 0 Å². The van der Waals surface area contributed by atoms with Gasteiger partial charge in [0.25, 0.3) is 0 Å². The summed E-state index contributed by atoms with van der Waals surface area (Å²) in [6.07, 6.45) is 24.3. The second kappa shape index (κ2) is 19.7. The van der Waals surface area contributed by atoms with Crippen LogP contribution in [0.15, 0.2) is 49.1 Å². The Balaban J connectivity index is 1.22. The van der Waals surface area contributed by atoms with Gasteiger partial charge in [0, 0.05) is 25.5 Å². The van der Waals surface area contributed by atoms with Crippen LogP contribution in [0.4, 0.5) is 0 Å². The Bertz CT molecular complexity index is 648. The lowest BCUT2D eigenvalue weighted by atomic mass is 10.0. The topological polar surface area (TPSA) is 62.3 Å². The number of ether oxygens (including phenoxy) is 2. The van der Waals surface area contributed by atoms with Gasteiger partial charge in [-0.25, -0.2) is 4.98 Å². The van der Waals surface area contributed by atoms with E-state index in [0.29, 0.717) is 13.2 Å². The van der Waals surface area contributed by atoms with Crippen LogP contribution in [0.2, 0.25) is 0 Å². The number of nitrogens with zero attached hydrogens (tertiary/aromatic N) is 2. The molecule has 0 amide bonds. The summed E-state index contributed by atoms with van der Waals surface area (Å²) in [5.41, 5.74) is 7.09. The number of unbranched alkanes of at least 4 members (excludes halogenated alkanes) is 13. The van der Waals surface area contributed by atoms with Crippen LogP contribution >= 0.6 is 0 Å². The summed E-state index contributed by atoms with van der Waals surface area (Å²) in [7, 11) is 0. The van der Waals surface area contributed by atoms with E-state index in [2.05, 4.69) is 15.7 Å². The number of benzene rings is 1. The number of hydrogen-bond acceptors (Lipinski definition) is 4. The second-order valence-corrected chi connectivity index (χ2v) is 9.16. The minimum absolute atomic E-state index is 0.349. The molecule has 2 rings (SSSR count). The molecule has 5 heteroatoms. The first kappa shape index (κ1) is 27.6. The highest BCUT2D eigenvalue weighted by Crippen LogP contribution is 2.13. The van der Waals surface area contributed by atoms with Gasteiger partial charge in [0.05, 0.1) is 19.5 Å². The van der Waals surface area contributed by atoms with Gasteiger partial charge in [-0.05, 0) is 18.4 Å². The van der Waals surface area contributed by atoms with Crippen LogP contribution in [0, 0.1) is 0 Å². The fraction of sp³-hybridized carbons (Fsp3) is 0.679. The van der Waals surface area contributed by atoms with Gasteiger partial charge in [0.15, 0.2) is 0 Å². The zero-order chi connectivity index (χ0) is 23.2. The first-order valence-corrected chi connectivity index (χ1v) is 13.3. The van der Waals surface area contributed by atoms with E-state index in [0.717, 1.165) is 25.1 Å². The molecule has 0 aliphatic heterocycles. The maximum Gasteiger partial charge on any atom is 0.129 e.